The lowest BCUT2D eigenvalue weighted by Crippen LogP contribution is -2.57. The zero-order chi connectivity index (χ0) is 26.2. The molecular formula is C29H39N3O5. The van der Waals surface area contributed by atoms with Gasteiger partial charge >= 0.3 is 5.97 Å². The number of amides is 1. The molecule has 0 unspecified atom stereocenters. The molecule has 2 fully saturated rings. The molecule has 8 nitrogen and oxygen atoms in total. The van der Waals surface area contributed by atoms with Crippen molar-refractivity contribution in [3.63, 3.8) is 0 Å². The van der Waals surface area contributed by atoms with Gasteiger partial charge < -0.3 is 19.5 Å². The standard InChI is InChI=1S/C29H39N3O5/c1-20-16-21(2)32(30-20)15-6-10-25(33)31-14-7-12-29(18-31)17-23-27(36-19-29)22-8-4-5-9-24(22)37-28(23,3)13-11-26(34)35/h4-5,8-9,16,23,27H,6-7,10-15,17-19H2,1-3H3,(H,34,35)/t23-,27+,28-,29-/m1/s1. The third kappa shape index (κ3) is 5.26. The molecule has 1 aromatic heterocycles. The molecular weight excluding hydrogens is 470 g/mol. The molecule has 200 valence electrons. The van der Waals surface area contributed by atoms with Gasteiger partial charge in [0.25, 0.3) is 0 Å². The van der Waals surface area contributed by atoms with Crippen LogP contribution in [-0.2, 0) is 20.9 Å². The lowest BCUT2D eigenvalue weighted by Gasteiger charge is -2.55. The number of carbonyl (C=O) groups excluding carboxylic acids is 1. The van der Waals surface area contributed by atoms with Crippen molar-refractivity contribution in [2.75, 3.05) is 19.7 Å². The summed E-state index contributed by atoms with van der Waals surface area (Å²) in [6.07, 6.45) is 4.44. The van der Waals surface area contributed by atoms with E-state index in [0.717, 1.165) is 61.5 Å². The Bertz CT molecular complexity index is 1160. The number of rotatable bonds is 7. The van der Waals surface area contributed by atoms with Crippen LogP contribution in [0.1, 0.15) is 74.9 Å². The van der Waals surface area contributed by atoms with Crippen LogP contribution in [0.15, 0.2) is 30.3 Å². The van der Waals surface area contributed by atoms with Gasteiger partial charge in [0.05, 0.1) is 18.4 Å². The quantitative estimate of drug-likeness (QED) is 0.582. The van der Waals surface area contributed by atoms with E-state index in [9.17, 15) is 14.7 Å². The van der Waals surface area contributed by atoms with Gasteiger partial charge in [0.2, 0.25) is 5.91 Å². The molecule has 1 aromatic carbocycles. The number of aromatic nitrogens is 2. The van der Waals surface area contributed by atoms with E-state index in [0.29, 0.717) is 26.0 Å². The summed E-state index contributed by atoms with van der Waals surface area (Å²) in [5.74, 6) is 0.190. The van der Waals surface area contributed by atoms with E-state index < -0.39 is 11.6 Å². The van der Waals surface area contributed by atoms with Gasteiger partial charge in [-0.1, -0.05) is 18.2 Å². The van der Waals surface area contributed by atoms with Gasteiger partial charge in [-0.15, -0.1) is 0 Å². The number of aliphatic carboxylic acids is 1. The molecule has 4 atom stereocenters. The highest BCUT2D eigenvalue weighted by molar-refractivity contribution is 5.76. The van der Waals surface area contributed by atoms with E-state index in [-0.39, 0.29) is 29.8 Å². The Morgan fingerprint density at radius 2 is 2.03 bits per heavy atom. The van der Waals surface area contributed by atoms with Crippen LogP contribution in [0.5, 0.6) is 5.75 Å². The zero-order valence-corrected chi connectivity index (χ0v) is 22.2. The van der Waals surface area contributed by atoms with Crippen molar-refractivity contribution in [1.29, 1.82) is 0 Å². The number of carbonyl (C=O) groups is 2. The minimum absolute atomic E-state index is 0.0246. The lowest BCUT2D eigenvalue weighted by atomic mass is 9.64. The number of likely N-dealkylation sites (tertiary alicyclic amines) is 1. The van der Waals surface area contributed by atoms with E-state index in [2.05, 4.69) is 17.2 Å². The molecule has 37 heavy (non-hydrogen) atoms. The van der Waals surface area contributed by atoms with Gasteiger partial charge in [-0.3, -0.25) is 14.3 Å². The van der Waals surface area contributed by atoms with Gasteiger partial charge in [-0.2, -0.15) is 5.10 Å². The second kappa shape index (κ2) is 10.1. The monoisotopic (exact) mass is 509 g/mol. The van der Waals surface area contributed by atoms with Gasteiger partial charge in [0.15, 0.2) is 0 Å². The minimum atomic E-state index is -0.818. The molecule has 4 heterocycles. The van der Waals surface area contributed by atoms with Gasteiger partial charge in [0, 0.05) is 55.1 Å². The number of hydrogen-bond acceptors (Lipinski definition) is 5. The number of benzene rings is 1. The van der Waals surface area contributed by atoms with Crippen molar-refractivity contribution in [3.8, 4) is 5.75 Å². The van der Waals surface area contributed by atoms with Crippen LogP contribution in [-0.4, -0.2) is 57.0 Å². The van der Waals surface area contributed by atoms with Crippen molar-refractivity contribution < 1.29 is 24.2 Å². The van der Waals surface area contributed by atoms with Crippen molar-refractivity contribution in [2.24, 2.45) is 11.3 Å². The van der Waals surface area contributed by atoms with Crippen LogP contribution >= 0.6 is 0 Å². The molecule has 0 saturated carbocycles. The molecule has 0 bridgehead atoms. The van der Waals surface area contributed by atoms with Crippen molar-refractivity contribution >= 4 is 11.9 Å². The van der Waals surface area contributed by atoms with E-state index >= 15 is 0 Å². The third-order valence-electron chi connectivity index (χ3n) is 8.65. The SMILES string of the molecule is Cc1cc(C)n(CCCC(=O)N2CCC[C@]3(CO[C@H]4c5ccccc5O[C@](C)(CCC(=O)O)[C@@H]4C3)C2)n1. The number of hydrogen-bond donors (Lipinski definition) is 1. The Kier molecular flexibility index (Phi) is 7.05. The summed E-state index contributed by atoms with van der Waals surface area (Å²) in [4.78, 5) is 26.7. The topological polar surface area (TPSA) is 93.9 Å². The Balaban J connectivity index is 1.28. The molecule has 1 spiro atoms. The molecule has 3 aliphatic heterocycles. The van der Waals surface area contributed by atoms with E-state index in [4.69, 9.17) is 9.47 Å². The fourth-order valence-corrected chi connectivity index (χ4v) is 6.73. The predicted molar refractivity (Wildman–Crippen MR) is 138 cm³/mol. The van der Waals surface area contributed by atoms with Gasteiger partial charge in [-0.05, 0) is 65.0 Å². The number of ether oxygens (including phenoxy) is 2. The first-order valence-corrected chi connectivity index (χ1v) is 13.6. The maximum Gasteiger partial charge on any atom is 0.303 e. The largest absolute Gasteiger partial charge is 0.487 e. The lowest BCUT2D eigenvalue weighted by molar-refractivity contribution is -0.185. The van der Waals surface area contributed by atoms with E-state index in [1.807, 2.05) is 48.6 Å². The summed E-state index contributed by atoms with van der Waals surface area (Å²) >= 11 is 0. The Hall–Kier alpha value is -2.87. The van der Waals surface area contributed by atoms with Crippen LogP contribution in [0.2, 0.25) is 0 Å². The van der Waals surface area contributed by atoms with Crippen molar-refractivity contribution in [2.45, 2.75) is 84.0 Å². The van der Waals surface area contributed by atoms with Crippen LogP contribution in [0, 0.1) is 25.2 Å². The molecule has 0 aliphatic carbocycles. The molecule has 0 radical (unpaired) electrons. The van der Waals surface area contributed by atoms with Crippen LogP contribution < -0.4 is 4.74 Å². The number of carboxylic acid groups (broad SMARTS) is 1. The average Bonchev–Trinajstić information content (AvgIpc) is 3.19. The van der Waals surface area contributed by atoms with Crippen LogP contribution in [0.3, 0.4) is 0 Å². The average molecular weight is 510 g/mol. The minimum Gasteiger partial charge on any atom is -0.487 e. The highest BCUT2D eigenvalue weighted by atomic mass is 16.5. The zero-order valence-electron chi connectivity index (χ0n) is 22.2. The number of fused-ring (bicyclic) bond motifs is 3. The Morgan fingerprint density at radius 3 is 2.78 bits per heavy atom. The Morgan fingerprint density at radius 1 is 1.22 bits per heavy atom. The second-order valence-corrected chi connectivity index (χ2v) is 11.6. The predicted octanol–water partition coefficient (Wildman–Crippen LogP) is 4.68. The summed E-state index contributed by atoms with van der Waals surface area (Å²) in [5.41, 5.74) is 2.39. The maximum absolute atomic E-state index is 13.2. The molecule has 8 heteroatoms. The highest BCUT2D eigenvalue weighted by Gasteiger charge is 2.54. The fraction of sp³-hybridized carbons (Fsp3) is 0.621. The second-order valence-electron chi connectivity index (χ2n) is 11.6. The molecule has 2 aromatic rings. The first-order valence-electron chi connectivity index (χ1n) is 13.6. The molecule has 1 amide bonds. The molecule has 1 N–H and O–H groups in total. The van der Waals surface area contributed by atoms with Crippen molar-refractivity contribution in [1.82, 2.24) is 14.7 Å². The van der Waals surface area contributed by atoms with Crippen molar-refractivity contribution in [3.05, 3.63) is 47.3 Å². The number of para-hydroxylation sites is 1. The summed E-state index contributed by atoms with van der Waals surface area (Å²) < 4.78 is 15.1. The third-order valence-corrected chi connectivity index (χ3v) is 8.65. The van der Waals surface area contributed by atoms with E-state index in [1.165, 1.54) is 0 Å². The number of piperidine rings is 1. The van der Waals surface area contributed by atoms with Gasteiger partial charge in [-0.25, -0.2) is 0 Å². The van der Waals surface area contributed by atoms with Gasteiger partial charge in [0.1, 0.15) is 11.4 Å². The summed E-state index contributed by atoms with van der Waals surface area (Å²) in [6.45, 7) is 8.89. The van der Waals surface area contributed by atoms with E-state index in [1.54, 1.807) is 0 Å². The summed E-state index contributed by atoms with van der Waals surface area (Å²) in [7, 11) is 0. The summed E-state index contributed by atoms with van der Waals surface area (Å²) in [5, 5.41) is 13.9. The maximum atomic E-state index is 13.2. The first kappa shape index (κ1) is 25.8. The van der Waals surface area contributed by atoms with Crippen LogP contribution in [0.4, 0.5) is 0 Å². The summed E-state index contributed by atoms with van der Waals surface area (Å²) in [6, 6.07) is 10.0. The first-order chi connectivity index (χ1) is 17.7. The smallest absolute Gasteiger partial charge is 0.303 e. The molecule has 5 rings (SSSR count). The molecule has 3 aliphatic rings. The normalized spacial score (nSPS) is 28.9. The highest BCUT2D eigenvalue weighted by Crippen LogP contribution is 2.56. The number of nitrogens with zero attached hydrogens (tertiary/aromatic N) is 3. The number of carboxylic acids is 1. The molecule has 2 saturated heterocycles. The fourth-order valence-electron chi connectivity index (χ4n) is 6.73. The van der Waals surface area contributed by atoms with Crippen LogP contribution in [0.25, 0.3) is 0 Å². The number of aryl methyl sites for hydroxylation is 3. The Labute approximate surface area is 218 Å².